The lowest BCUT2D eigenvalue weighted by atomic mass is 10.1. The predicted octanol–water partition coefficient (Wildman–Crippen LogP) is 1.50. The Morgan fingerprint density at radius 2 is 1.80 bits per heavy atom. The van der Waals surface area contributed by atoms with Crippen molar-refractivity contribution in [2.75, 3.05) is 7.11 Å². The average molecular weight is 280 g/mol. The number of esters is 2. The Morgan fingerprint density at radius 1 is 1.20 bits per heavy atom. The van der Waals surface area contributed by atoms with Crippen LogP contribution in [-0.2, 0) is 19.1 Å². The number of carbonyl (C=O) groups excluding carboxylic acids is 3. The molecule has 0 N–H and O–H groups in total. The highest BCUT2D eigenvalue weighted by Crippen LogP contribution is 2.30. The van der Waals surface area contributed by atoms with E-state index < -0.39 is 29.6 Å². The van der Waals surface area contributed by atoms with Gasteiger partial charge in [0.2, 0.25) is 5.78 Å². The average Bonchev–Trinajstić information content (AvgIpc) is 3.28. The second-order valence-corrected chi connectivity index (χ2v) is 4.49. The number of carbonyl (C=O) groups is 3. The molecule has 1 atom stereocenters. The Kier molecular flexibility index (Phi) is 4.12. The largest absolute Gasteiger partial charge is 0.466 e. The van der Waals surface area contributed by atoms with Crippen molar-refractivity contribution in [2.45, 2.75) is 18.9 Å². The van der Waals surface area contributed by atoms with Crippen molar-refractivity contribution in [3.8, 4) is 0 Å². The summed E-state index contributed by atoms with van der Waals surface area (Å²) in [6.45, 7) is 0. The van der Waals surface area contributed by atoms with Crippen LogP contribution in [0.1, 0.15) is 23.2 Å². The number of ether oxygens (including phenoxy) is 2. The highest BCUT2D eigenvalue weighted by Gasteiger charge is 2.38. The smallest absolute Gasteiger partial charge is 0.355 e. The molecule has 0 amide bonds. The lowest BCUT2D eigenvalue weighted by molar-refractivity contribution is -0.163. The van der Waals surface area contributed by atoms with Crippen LogP contribution in [0.2, 0.25) is 0 Å². The van der Waals surface area contributed by atoms with Crippen LogP contribution >= 0.6 is 0 Å². The Morgan fingerprint density at radius 3 is 2.30 bits per heavy atom. The summed E-state index contributed by atoms with van der Waals surface area (Å²) in [5.74, 6) is -3.02. The number of hydrogen-bond acceptors (Lipinski definition) is 5. The zero-order valence-electron chi connectivity index (χ0n) is 10.8. The second kappa shape index (κ2) is 5.81. The van der Waals surface area contributed by atoms with Gasteiger partial charge in [-0.25, -0.2) is 9.18 Å². The van der Waals surface area contributed by atoms with Crippen LogP contribution < -0.4 is 0 Å². The molecule has 1 aromatic rings. The third-order valence-corrected chi connectivity index (χ3v) is 2.93. The first-order valence-corrected chi connectivity index (χ1v) is 6.11. The van der Waals surface area contributed by atoms with E-state index >= 15 is 0 Å². The molecule has 1 aliphatic carbocycles. The van der Waals surface area contributed by atoms with Crippen LogP contribution in [0.4, 0.5) is 4.39 Å². The van der Waals surface area contributed by atoms with E-state index in [2.05, 4.69) is 4.74 Å². The molecule has 1 aromatic carbocycles. The molecule has 2 rings (SSSR count). The van der Waals surface area contributed by atoms with E-state index in [4.69, 9.17) is 4.74 Å². The minimum absolute atomic E-state index is 0.0744. The van der Waals surface area contributed by atoms with Gasteiger partial charge in [0.05, 0.1) is 13.0 Å². The van der Waals surface area contributed by atoms with E-state index in [9.17, 15) is 18.8 Å². The summed E-state index contributed by atoms with van der Waals surface area (Å²) in [6, 6.07) is 4.62. The van der Waals surface area contributed by atoms with Gasteiger partial charge in [-0.15, -0.1) is 0 Å². The Labute approximate surface area is 114 Å². The first-order chi connectivity index (χ1) is 9.52. The van der Waals surface area contributed by atoms with Crippen LogP contribution in [0.15, 0.2) is 24.3 Å². The van der Waals surface area contributed by atoms with E-state index in [0.717, 1.165) is 19.2 Å². The lowest BCUT2D eigenvalue weighted by Gasteiger charge is -2.14. The highest BCUT2D eigenvalue weighted by atomic mass is 19.1. The fourth-order valence-electron chi connectivity index (χ4n) is 1.61. The maximum absolute atomic E-state index is 12.8. The molecule has 0 aromatic heterocycles. The third-order valence-electron chi connectivity index (χ3n) is 2.93. The summed E-state index contributed by atoms with van der Waals surface area (Å²) in [5, 5.41) is 0. The summed E-state index contributed by atoms with van der Waals surface area (Å²) < 4.78 is 22.2. The van der Waals surface area contributed by atoms with Crippen molar-refractivity contribution in [1.29, 1.82) is 0 Å². The van der Waals surface area contributed by atoms with Crippen LogP contribution in [0, 0.1) is 11.7 Å². The molecule has 5 nitrogen and oxygen atoms in total. The monoisotopic (exact) mass is 280 g/mol. The number of methoxy groups -OCH3 is 1. The summed E-state index contributed by atoms with van der Waals surface area (Å²) in [5.41, 5.74) is 0.0744. The Bertz CT molecular complexity index is 533. The van der Waals surface area contributed by atoms with Crippen LogP contribution in [0.3, 0.4) is 0 Å². The van der Waals surface area contributed by atoms with Crippen molar-refractivity contribution in [3.05, 3.63) is 35.6 Å². The summed E-state index contributed by atoms with van der Waals surface area (Å²) in [6.07, 6.45) is -0.256. The molecule has 0 bridgehead atoms. The van der Waals surface area contributed by atoms with Gasteiger partial charge in [-0.05, 0) is 37.1 Å². The molecule has 0 saturated heterocycles. The number of hydrogen-bond donors (Lipinski definition) is 0. The first-order valence-electron chi connectivity index (χ1n) is 6.11. The van der Waals surface area contributed by atoms with E-state index in [0.29, 0.717) is 12.8 Å². The SMILES string of the molecule is COC(=O)C(OC(=O)C1CC1)C(=O)c1ccc(F)cc1. The minimum Gasteiger partial charge on any atom is -0.466 e. The predicted molar refractivity (Wildman–Crippen MR) is 65.4 cm³/mol. The van der Waals surface area contributed by atoms with Gasteiger partial charge in [0.25, 0.3) is 6.10 Å². The number of benzene rings is 1. The number of rotatable bonds is 5. The first kappa shape index (κ1) is 14.2. The number of Topliss-reactive ketones (excluding diaryl/α,β-unsaturated/α-hetero) is 1. The molecule has 1 unspecified atom stereocenters. The molecular formula is C14H13FO5. The zero-order chi connectivity index (χ0) is 14.7. The number of halogens is 1. The molecule has 1 fully saturated rings. The fraction of sp³-hybridized carbons (Fsp3) is 0.357. The Balaban J connectivity index is 2.16. The maximum Gasteiger partial charge on any atom is 0.355 e. The standard InChI is InChI=1S/C14H13FO5/c1-19-14(18)12(20-13(17)9-2-3-9)11(16)8-4-6-10(15)7-5-8/h4-7,9,12H,2-3H2,1H3. The zero-order valence-corrected chi connectivity index (χ0v) is 10.8. The summed E-state index contributed by atoms with van der Waals surface area (Å²) in [7, 11) is 1.10. The van der Waals surface area contributed by atoms with E-state index in [1.807, 2.05) is 0 Å². The molecule has 1 saturated carbocycles. The van der Waals surface area contributed by atoms with Crippen molar-refractivity contribution >= 4 is 17.7 Å². The molecule has 6 heteroatoms. The minimum atomic E-state index is -1.64. The Hall–Kier alpha value is -2.24. The van der Waals surface area contributed by atoms with Gasteiger partial charge in [0.15, 0.2) is 0 Å². The van der Waals surface area contributed by atoms with Crippen LogP contribution in [-0.4, -0.2) is 30.9 Å². The molecule has 0 spiro atoms. The second-order valence-electron chi connectivity index (χ2n) is 4.49. The third kappa shape index (κ3) is 3.20. The molecule has 1 aliphatic rings. The van der Waals surface area contributed by atoms with Crippen molar-refractivity contribution in [1.82, 2.24) is 0 Å². The van der Waals surface area contributed by atoms with Gasteiger partial charge in [-0.1, -0.05) is 0 Å². The molecule has 0 radical (unpaired) electrons. The topological polar surface area (TPSA) is 69.7 Å². The van der Waals surface area contributed by atoms with E-state index in [1.165, 1.54) is 12.1 Å². The van der Waals surface area contributed by atoms with Gasteiger partial charge < -0.3 is 9.47 Å². The summed E-state index contributed by atoms with van der Waals surface area (Å²) >= 11 is 0. The van der Waals surface area contributed by atoms with Crippen molar-refractivity contribution in [3.63, 3.8) is 0 Å². The highest BCUT2D eigenvalue weighted by molar-refractivity contribution is 6.12. The van der Waals surface area contributed by atoms with Crippen molar-refractivity contribution < 1.29 is 28.2 Å². The molecular weight excluding hydrogens is 267 g/mol. The van der Waals surface area contributed by atoms with Gasteiger partial charge in [-0.2, -0.15) is 0 Å². The fourth-order valence-corrected chi connectivity index (χ4v) is 1.61. The molecule has 0 heterocycles. The van der Waals surface area contributed by atoms with Crippen LogP contribution in [0.25, 0.3) is 0 Å². The van der Waals surface area contributed by atoms with Gasteiger partial charge >= 0.3 is 11.9 Å². The molecule has 0 aliphatic heterocycles. The summed E-state index contributed by atoms with van der Waals surface area (Å²) in [4.78, 5) is 35.3. The van der Waals surface area contributed by atoms with Crippen molar-refractivity contribution in [2.24, 2.45) is 5.92 Å². The van der Waals surface area contributed by atoms with Gasteiger partial charge in [-0.3, -0.25) is 9.59 Å². The lowest BCUT2D eigenvalue weighted by Crippen LogP contribution is -2.36. The molecule has 106 valence electrons. The molecule has 20 heavy (non-hydrogen) atoms. The normalized spacial score (nSPS) is 15.3. The van der Waals surface area contributed by atoms with E-state index in [-0.39, 0.29) is 11.5 Å². The van der Waals surface area contributed by atoms with E-state index in [1.54, 1.807) is 0 Å². The quantitative estimate of drug-likeness (QED) is 0.464. The van der Waals surface area contributed by atoms with Crippen LogP contribution in [0.5, 0.6) is 0 Å². The maximum atomic E-state index is 12.8. The van der Waals surface area contributed by atoms with Gasteiger partial charge in [0.1, 0.15) is 5.82 Å². The van der Waals surface area contributed by atoms with Gasteiger partial charge in [0, 0.05) is 5.56 Å². The number of ketones is 1.